The molecular formula is C22H22N6OS. The molecule has 3 aromatic rings. The Hall–Kier alpha value is -3.44. The van der Waals surface area contributed by atoms with E-state index in [1.165, 1.54) is 17.8 Å². The standard InChI is InChI=1S/C22H22N6OS/c23-15-18(14-19-10-7-13-28(19)16-17-8-3-1-4-9-17)20(29)24-21-25-26-22(30-21)27-11-5-2-6-12-27/h1,3-4,7-10,13-14H,2,5-6,11-12,16H2,(H,24,25,29)/b18-14-. The molecule has 0 unspecified atom stereocenters. The van der Waals surface area contributed by atoms with Crippen LogP contribution in [0.25, 0.3) is 6.08 Å². The van der Waals surface area contributed by atoms with E-state index in [4.69, 9.17) is 0 Å². The highest BCUT2D eigenvalue weighted by Crippen LogP contribution is 2.27. The lowest BCUT2D eigenvalue weighted by atomic mass is 10.1. The molecule has 1 aromatic carbocycles. The van der Waals surface area contributed by atoms with Gasteiger partial charge in [-0.15, -0.1) is 10.2 Å². The van der Waals surface area contributed by atoms with Gasteiger partial charge in [0, 0.05) is 31.5 Å². The summed E-state index contributed by atoms with van der Waals surface area (Å²) >= 11 is 1.34. The Morgan fingerprint density at radius 3 is 2.70 bits per heavy atom. The van der Waals surface area contributed by atoms with Gasteiger partial charge in [0.05, 0.1) is 0 Å². The van der Waals surface area contributed by atoms with Gasteiger partial charge in [0.25, 0.3) is 5.91 Å². The topological polar surface area (TPSA) is 86.8 Å². The van der Waals surface area contributed by atoms with Crippen molar-refractivity contribution in [1.29, 1.82) is 5.26 Å². The van der Waals surface area contributed by atoms with Gasteiger partial charge >= 0.3 is 0 Å². The molecule has 0 aliphatic carbocycles. The van der Waals surface area contributed by atoms with Gasteiger partial charge in [0.2, 0.25) is 10.3 Å². The molecule has 8 heteroatoms. The summed E-state index contributed by atoms with van der Waals surface area (Å²) in [6.07, 6.45) is 7.06. The second kappa shape index (κ2) is 9.37. The first-order valence-corrected chi connectivity index (χ1v) is 10.8. The number of nitrogens with zero attached hydrogens (tertiary/aromatic N) is 5. The molecule has 1 aliphatic heterocycles. The highest BCUT2D eigenvalue weighted by molar-refractivity contribution is 7.19. The van der Waals surface area contributed by atoms with Gasteiger partial charge < -0.3 is 9.47 Å². The average Bonchev–Trinajstić information content (AvgIpc) is 3.43. The van der Waals surface area contributed by atoms with Crippen molar-refractivity contribution in [3.05, 3.63) is 65.5 Å². The first-order chi connectivity index (χ1) is 14.7. The zero-order valence-corrected chi connectivity index (χ0v) is 17.3. The number of benzene rings is 1. The van der Waals surface area contributed by atoms with Crippen molar-refractivity contribution in [2.45, 2.75) is 25.8 Å². The Balaban J connectivity index is 1.46. The molecule has 1 saturated heterocycles. The highest BCUT2D eigenvalue weighted by Gasteiger charge is 2.18. The van der Waals surface area contributed by atoms with Crippen molar-refractivity contribution < 1.29 is 4.79 Å². The minimum Gasteiger partial charge on any atom is -0.347 e. The molecule has 0 radical (unpaired) electrons. The van der Waals surface area contributed by atoms with Crippen LogP contribution in [0.3, 0.4) is 0 Å². The van der Waals surface area contributed by atoms with Crippen molar-refractivity contribution in [3.8, 4) is 6.07 Å². The lowest BCUT2D eigenvalue weighted by Crippen LogP contribution is -2.29. The number of nitrogens with one attached hydrogen (secondary N) is 1. The first-order valence-electron chi connectivity index (χ1n) is 9.93. The Labute approximate surface area is 179 Å². The van der Waals surface area contributed by atoms with Gasteiger partial charge in [-0.2, -0.15) is 5.26 Å². The van der Waals surface area contributed by atoms with Crippen LogP contribution in [0.4, 0.5) is 10.3 Å². The summed E-state index contributed by atoms with van der Waals surface area (Å²) in [5.41, 5.74) is 1.96. The average molecular weight is 419 g/mol. The van der Waals surface area contributed by atoms with Crippen molar-refractivity contribution >= 4 is 33.6 Å². The normalized spacial score (nSPS) is 14.4. The van der Waals surface area contributed by atoms with Crippen molar-refractivity contribution in [3.63, 3.8) is 0 Å². The maximum absolute atomic E-state index is 12.6. The number of hydrogen-bond donors (Lipinski definition) is 1. The minimum atomic E-state index is -0.480. The predicted molar refractivity (Wildman–Crippen MR) is 118 cm³/mol. The van der Waals surface area contributed by atoms with Crippen LogP contribution >= 0.6 is 11.3 Å². The Kier molecular flexibility index (Phi) is 6.20. The number of carbonyl (C=O) groups excluding carboxylic acids is 1. The largest absolute Gasteiger partial charge is 0.347 e. The predicted octanol–water partition coefficient (Wildman–Crippen LogP) is 3.92. The molecular weight excluding hydrogens is 396 g/mol. The lowest BCUT2D eigenvalue weighted by Gasteiger charge is -2.25. The monoisotopic (exact) mass is 418 g/mol. The lowest BCUT2D eigenvalue weighted by molar-refractivity contribution is -0.112. The van der Waals surface area contributed by atoms with Crippen molar-refractivity contribution in [2.24, 2.45) is 0 Å². The van der Waals surface area contributed by atoms with E-state index < -0.39 is 5.91 Å². The quantitative estimate of drug-likeness (QED) is 0.484. The summed E-state index contributed by atoms with van der Waals surface area (Å²) in [4.78, 5) is 14.8. The van der Waals surface area contributed by atoms with E-state index in [-0.39, 0.29) is 5.57 Å². The fourth-order valence-electron chi connectivity index (χ4n) is 3.42. The summed E-state index contributed by atoms with van der Waals surface area (Å²) in [7, 11) is 0. The van der Waals surface area contributed by atoms with Crippen LogP contribution in [0.15, 0.2) is 54.2 Å². The fourth-order valence-corrected chi connectivity index (χ4v) is 4.21. The number of rotatable bonds is 6. The van der Waals surface area contributed by atoms with Gasteiger partial charge in [0.1, 0.15) is 11.6 Å². The fraction of sp³-hybridized carbons (Fsp3) is 0.273. The third-order valence-electron chi connectivity index (χ3n) is 4.98. The molecule has 1 amide bonds. The minimum absolute atomic E-state index is 0.0257. The van der Waals surface area contributed by atoms with E-state index in [0.29, 0.717) is 11.7 Å². The molecule has 1 aliphatic rings. The van der Waals surface area contributed by atoms with Gasteiger partial charge in [-0.1, -0.05) is 41.7 Å². The summed E-state index contributed by atoms with van der Waals surface area (Å²) in [5.74, 6) is -0.480. The first kappa shape index (κ1) is 19.9. The Bertz CT molecular complexity index is 1070. The van der Waals surface area contributed by atoms with E-state index in [1.54, 1.807) is 6.08 Å². The van der Waals surface area contributed by atoms with Crippen LogP contribution in [0, 0.1) is 11.3 Å². The number of aromatic nitrogens is 3. The smallest absolute Gasteiger partial charge is 0.268 e. The van der Waals surface area contributed by atoms with E-state index in [0.717, 1.165) is 42.3 Å². The Morgan fingerprint density at radius 1 is 1.13 bits per heavy atom. The third-order valence-corrected chi connectivity index (χ3v) is 5.88. The molecule has 2 aromatic heterocycles. The van der Waals surface area contributed by atoms with Crippen molar-refractivity contribution in [1.82, 2.24) is 14.8 Å². The maximum atomic E-state index is 12.6. The molecule has 30 heavy (non-hydrogen) atoms. The summed E-state index contributed by atoms with van der Waals surface area (Å²) < 4.78 is 2.00. The van der Waals surface area contributed by atoms with E-state index in [2.05, 4.69) is 20.4 Å². The van der Waals surface area contributed by atoms with Crippen LogP contribution in [-0.4, -0.2) is 33.8 Å². The van der Waals surface area contributed by atoms with E-state index in [1.807, 2.05) is 59.3 Å². The van der Waals surface area contributed by atoms with Gasteiger partial charge in [-0.05, 0) is 43.0 Å². The number of amides is 1. The zero-order valence-electron chi connectivity index (χ0n) is 16.5. The molecule has 0 spiro atoms. The van der Waals surface area contributed by atoms with E-state index in [9.17, 15) is 10.1 Å². The molecule has 4 rings (SSSR count). The molecule has 0 bridgehead atoms. The van der Waals surface area contributed by atoms with Gasteiger partial charge in [-0.25, -0.2) is 0 Å². The number of hydrogen-bond acceptors (Lipinski definition) is 6. The molecule has 1 fully saturated rings. The number of carbonyl (C=O) groups is 1. The number of anilines is 2. The van der Waals surface area contributed by atoms with E-state index >= 15 is 0 Å². The SMILES string of the molecule is N#C/C(=C/c1cccn1Cc1ccccc1)C(=O)Nc1nnc(N2CCCCC2)s1. The molecule has 0 atom stereocenters. The molecule has 7 nitrogen and oxygen atoms in total. The second-order valence-corrected chi connectivity index (χ2v) is 8.06. The summed E-state index contributed by atoms with van der Waals surface area (Å²) in [5, 5.41) is 21.7. The van der Waals surface area contributed by atoms with Crippen LogP contribution < -0.4 is 10.2 Å². The van der Waals surface area contributed by atoms with Gasteiger partial charge in [-0.3, -0.25) is 10.1 Å². The third kappa shape index (κ3) is 4.75. The summed E-state index contributed by atoms with van der Waals surface area (Å²) in [6.45, 7) is 2.59. The Morgan fingerprint density at radius 2 is 1.93 bits per heavy atom. The van der Waals surface area contributed by atoms with Crippen molar-refractivity contribution in [2.75, 3.05) is 23.3 Å². The van der Waals surface area contributed by atoms with Crippen LogP contribution in [0.1, 0.15) is 30.5 Å². The van der Waals surface area contributed by atoms with Crippen LogP contribution in [0.2, 0.25) is 0 Å². The molecule has 1 N–H and O–H groups in total. The molecule has 3 heterocycles. The molecule has 0 saturated carbocycles. The zero-order chi connectivity index (χ0) is 20.8. The summed E-state index contributed by atoms with van der Waals surface area (Å²) in [6, 6.07) is 15.8. The maximum Gasteiger partial charge on any atom is 0.268 e. The molecule has 152 valence electrons. The number of piperidine rings is 1. The number of nitriles is 1. The second-order valence-electron chi connectivity index (χ2n) is 7.11. The van der Waals surface area contributed by atoms with Crippen LogP contribution in [-0.2, 0) is 11.3 Å². The van der Waals surface area contributed by atoms with Crippen LogP contribution in [0.5, 0.6) is 0 Å². The van der Waals surface area contributed by atoms with Gasteiger partial charge in [0.15, 0.2) is 0 Å². The highest BCUT2D eigenvalue weighted by atomic mass is 32.1.